The van der Waals surface area contributed by atoms with Gasteiger partial charge >= 0.3 is 6.03 Å². The van der Waals surface area contributed by atoms with Crippen LogP contribution in [0, 0.1) is 0 Å². The Morgan fingerprint density at radius 2 is 1.79 bits per heavy atom. The molecular formula is C23H23N5O5. The lowest BCUT2D eigenvalue weighted by molar-refractivity contribution is -0.134. The van der Waals surface area contributed by atoms with E-state index in [2.05, 4.69) is 16.0 Å². The van der Waals surface area contributed by atoms with E-state index in [0.29, 0.717) is 12.8 Å². The zero-order valence-corrected chi connectivity index (χ0v) is 17.7. The topological polar surface area (TPSA) is 151 Å². The molecular weight excluding hydrogens is 426 g/mol. The Kier molecular flexibility index (Phi) is 5.82. The van der Waals surface area contributed by atoms with E-state index in [-0.39, 0.29) is 24.2 Å². The molecule has 1 aliphatic heterocycles. The maximum absolute atomic E-state index is 13.2. The number of primary amides is 1. The average Bonchev–Trinajstić information content (AvgIpc) is 3.27. The zero-order chi connectivity index (χ0) is 23.6. The predicted molar refractivity (Wildman–Crippen MR) is 118 cm³/mol. The molecule has 1 heterocycles. The minimum absolute atomic E-state index is 0.0165. The molecule has 1 saturated heterocycles. The summed E-state index contributed by atoms with van der Waals surface area (Å²) < 4.78 is 0. The van der Waals surface area contributed by atoms with Gasteiger partial charge in [0.25, 0.3) is 11.8 Å². The quantitative estimate of drug-likeness (QED) is 0.457. The van der Waals surface area contributed by atoms with Crippen LogP contribution in [0.25, 0.3) is 0 Å². The number of carbonyl (C=O) groups excluding carboxylic acids is 5. The standard InChI is InChI=1S/C23H23N5O5/c24-18(29)10-12-25-20(31)15-6-2-4-8-17(15)26-19(30)13-28-21(32)23(27-22(28)33)11-9-14-5-1-3-7-16(14)23/h1-8H,9-13H2,(H2,24,29)(H,25,31)(H,26,30)(H,27,33). The summed E-state index contributed by atoms with van der Waals surface area (Å²) in [6.07, 6.45) is 1.07. The maximum atomic E-state index is 13.2. The van der Waals surface area contributed by atoms with E-state index in [9.17, 15) is 24.0 Å². The number of carbonyl (C=O) groups is 5. The zero-order valence-electron chi connectivity index (χ0n) is 17.7. The van der Waals surface area contributed by atoms with Gasteiger partial charge in [0.2, 0.25) is 11.8 Å². The first-order valence-electron chi connectivity index (χ1n) is 10.5. The summed E-state index contributed by atoms with van der Waals surface area (Å²) in [5.41, 5.74) is 6.06. The van der Waals surface area contributed by atoms with Crippen molar-refractivity contribution < 1.29 is 24.0 Å². The number of hydrogen-bond acceptors (Lipinski definition) is 5. The van der Waals surface area contributed by atoms with Crippen molar-refractivity contribution >= 4 is 35.3 Å². The Bertz CT molecular complexity index is 1160. The van der Waals surface area contributed by atoms with Gasteiger partial charge in [-0.2, -0.15) is 0 Å². The number of imide groups is 1. The van der Waals surface area contributed by atoms with Gasteiger partial charge in [-0.3, -0.25) is 24.1 Å². The fourth-order valence-electron chi connectivity index (χ4n) is 4.25. The molecule has 1 spiro atoms. The molecule has 2 aliphatic rings. The highest BCUT2D eigenvalue weighted by Crippen LogP contribution is 2.41. The van der Waals surface area contributed by atoms with E-state index < -0.39 is 41.7 Å². The third kappa shape index (κ3) is 4.14. The van der Waals surface area contributed by atoms with Crippen molar-refractivity contribution in [2.24, 2.45) is 5.73 Å². The van der Waals surface area contributed by atoms with Crippen molar-refractivity contribution in [1.82, 2.24) is 15.5 Å². The van der Waals surface area contributed by atoms with Gasteiger partial charge in [0.15, 0.2) is 0 Å². The van der Waals surface area contributed by atoms with Gasteiger partial charge in [-0.1, -0.05) is 36.4 Å². The van der Waals surface area contributed by atoms with Crippen molar-refractivity contribution in [3.8, 4) is 0 Å². The number of aryl methyl sites for hydroxylation is 1. The second-order valence-corrected chi connectivity index (χ2v) is 7.95. The number of urea groups is 1. The second kappa shape index (κ2) is 8.73. The number of fused-ring (bicyclic) bond motifs is 2. The fourth-order valence-corrected chi connectivity index (χ4v) is 4.25. The molecule has 1 fully saturated rings. The monoisotopic (exact) mass is 449 g/mol. The van der Waals surface area contributed by atoms with Crippen LogP contribution in [0.1, 0.15) is 34.3 Å². The van der Waals surface area contributed by atoms with E-state index in [0.717, 1.165) is 16.0 Å². The SMILES string of the molecule is NC(=O)CCNC(=O)c1ccccc1NC(=O)CN1C(=O)NC2(CCc3ccccc32)C1=O. The van der Waals surface area contributed by atoms with Crippen LogP contribution in [0.3, 0.4) is 0 Å². The number of rotatable bonds is 7. The van der Waals surface area contributed by atoms with Crippen LogP contribution in [-0.4, -0.2) is 47.6 Å². The lowest BCUT2D eigenvalue weighted by Crippen LogP contribution is -2.43. The van der Waals surface area contributed by atoms with E-state index in [1.807, 2.05) is 24.3 Å². The lowest BCUT2D eigenvalue weighted by Gasteiger charge is -2.22. The van der Waals surface area contributed by atoms with Crippen molar-refractivity contribution in [2.75, 3.05) is 18.4 Å². The Labute approximate surface area is 189 Å². The van der Waals surface area contributed by atoms with Gasteiger partial charge in [0.05, 0.1) is 11.3 Å². The number of hydrogen-bond donors (Lipinski definition) is 4. The smallest absolute Gasteiger partial charge is 0.325 e. The second-order valence-electron chi connectivity index (χ2n) is 7.95. The maximum Gasteiger partial charge on any atom is 0.325 e. The molecule has 2 aromatic carbocycles. The molecule has 1 atom stereocenters. The number of benzene rings is 2. The number of nitrogens with one attached hydrogen (secondary N) is 3. The summed E-state index contributed by atoms with van der Waals surface area (Å²) in [4.78, 5) is 62.7. The highest BCUT2D eigenvalue weighted by molar-refractivity contribution is 6.11. The summed E-state index contributed by atoms with van der Waals surface area (Å²) in [6.45, 7) is -0.436. The third-order valence-corrected chi connectivity index (χ3v) is 5.83. The highest BCUT2D eigenvalue weighted by Gasteiger charge is 2.55. The molecule has 4 rings (SSSR count). The van der Waals surface area contributed by atoms with E-state index in [1.54, 1.807) is 12.1 Å². The Morgan fingerprint density at radius 3 is 2.58 bits per heavy atom. The molecule has 10 heteroatoms. The minimum Gasteiger partial charge on any atom is -0.370 e. The first kappa shape index (κ1) is 22.0. The van der Waals surface area contributed by atoms with Crippen molar-refractivity contribution in [3.63, 3.8) is 0 Å². The van der Waals surface area contributed by atoms with E-state index >= 15 is 0 Å². The molecule has 1 unspecified atom stereocenters. The van der Waals surface area contributed by atoms with Crippen LogP contribution < -0.4 is 21.7 Å². The molecule has 5 N–H and O–H groups in total. The van der Waals surface area contributed by atoms with E-state index in [1.165, 1.54) is 12.1 Å². The van der Waals surface area contributed by atoms with Gasteiger partial charge in [0.1, 0.15) is 12.1 Å². The first-order valence-corrected chi connectivity index (χ1v) is 10.5. The van der Waals surface area contributed by atoms with Gasteiger partial charge in [-0.05, 0) is 36.1 Å². The molecule has 10 nitrogen and oxygen atoms in total. The number of nitrogens with two attached hydrogens (primary N) is 1. The van der Waals surface area contributed by atoms with Crippen LogP contribution in [0.2, 0.25) is 0 Å². The minimum atomic E-state index is -1.15. The van der Waals surface area contributed by atoms with Crippen LogP contribution in [0.15, 0.2) is 48.5 Å². The molecule has 2 aromatic rings. The van der Waals surface area contributed by atoms with Crippen molar-refractivity contribution in [1.29, 1.82) is 0 Å². The number of para-hydroxylation sites is 1. The van der Waals surface area contributed by atoms with Gasteiger partial charge in [-0.25, -0.2) is 4.79 Å². The largest absolute Gasteiger partial charge is 0.370 e. The number of amides is 6. The normalized spacial score (nSPS) is 18.7. The van der Waals surface area contributed by atoms with Gasteiger partial charge < -0.3 is 21.7 Å². The van der Waals surface area contributed by atoms with Crippen molar-refractivity contribution in [3.05, 3.63) is 65.2 Å². The van der Waals surface area contributed by atoms with Gasteiger partial charge in [0, 0.05) is 13.0 Å². The third-order valence-electron chi connectivity index (χ3n) is 5.83. The Hall–Kier alpha value is -4.21. The van der Waals surface area contributed by atoms with Crippen LogP contribution in [0.4, 0.5) is 10.5 Å². The Balaban J connectivity index is 1.45. The van der Waals surface area contributed by atoms with Gasteiger partial charge in [-0.15, -0.1) is 0 Å². The molecule has 33 heavy (non-hydrogen) atoms. The van der Waals surface area contributed by atoms with E-state index in [4.69, 9.17) is 5.73 Å². The number of nitrogens with zero attached hydrogens (tertiary/aromatic N) is 1. The first-order chi connectivity index (χ1) is 15.8. The number of anilines is 1. The van der Waals surface area contributed by atoms with Crippen LogP contribution in [0.5, 0.6) is 0 Å². The molecule has 170 valence electrons. The Morgan fingerprint density at radius 1 is 1.06 bits per heavy atom. The average molecular weight is 449 g/mol. The summed E-state index contributed by atoms with van der Waals surface area (Å²) in [5.74, 6) is -2.14. The van der Waals surface area contributed by atoms with Crippen LogP contribution >= 0.6 is 0 Å². The molecule has 6 amide bonds. The summed E-state index contributed by atoms with van der Waals surface area (Å²) in [7, 11) is 0. The lowest BCUT2D eigenvalue weighted by atomic mass is 9.92. The molecule has 0 aromatic heterocycles. The van der Waals surface area contributed by atoms with Crippen LogP contribution in [-0.2, 0) is 26.3 Å². The highest BCUT2D eigenvalue weighted by atomic mass is 16.2. The summed E-state index contributed by atoms with van der Waals surface area (Å²) in [5, 5.41) is 7.92. The molecule has 0 bridgehead atoms. The molecule has 0 radical (unpaired) electrons. The molecule has 0 saturated carbocycles. The summed E-state index contributed by atoms with van der Waals surface area (Å²) in [6, 6.07) is 13.1. The fraction of sp³-hybridized carbons (Fsp3) is 0.261. The predicted octanol–water partition coefficient (Wildman–Crippen LogP) is 0.624. The summed E-state index contributed by atoms with van der Waals surface area (Å²) >= 11 is 0. The molecule has 1 aliphatic carbocycles. The van der Waals surface area contributed by atoms with Crippen molar-refractivity contribution in [2.45, 2.75) is 24.8 Å².